The van der Waals surface area contributed by atoms with Crippen molar-refractivity contribution in [1.82, 2.24) is 4.98 Å². The number of anilines is 1. The molecule has 0 fully saturated rings. The van der Waals surface area contributed by atoms with Gasteiger partial charge in [0.2, 0.25) is 0 Å². The summed E-state index contributed by atoms with van der Waals surface area (Å²) in [6.07, 6.45) is -2.78. The maximum atomic E-state index is 13.2. The first-order chi connectivity index (χ1) is 6.75. The van der Waals surface area contributed by atoms with Crippen molar-refractivity contribution in [3.05, 3.63) is 17.6 Å². The van der Waals surface area contributed by atoms with Crippen molar-refractivity contribution in [3.63, 3.8) is 0 Å². The molecule has 0 aromatic carbocycles. The van der Waals surface area contributed by atoms with Gasteiger partial charge in [-0.05, 0) is 0 Å². The van der Waals surface area contributed by atoms with Crippen molar-refractivity contribution < 1.29 is 21.6 Å². The number of pyridine rings is 1. The van der Waals surface area contributed by atoms with E-state index in [1.807, 2.05) is 0 Å². The van der Waals surface area contributed by atoms with E-state index in [-0.39, 0.29) is 0 Å². The van der Waals surface area contributed by atoms with Gasteiger partial charge in [0.1, 0.15) is 10.7 Å². The lowest BCUT2D eigenvalue weighted by Crippen LogP contribution is -2.07. The number of nitrogens with zero attached hydrogens (tertiary/aromatic N) is 1. The second-order valence-corrected chi connectivity index (χ2v) is 5.01. The Hall–Kier alpha value is -1.02. The van der Waals surface area contributed by atoms with Crippen LogP contribution in [0.5, 0.6) is 0 Å². The molecule has 15 heavy (non-hydrogen) atoms. The highest BCUT2D eigenvalue weighted by Crippen LogP contribution is 2.30. The first-order valence-electron chi connectivity index (χ1n) is 3.42. The molecule has 0 unspecified atom stereocenters. The average molecular weight is 261 g/mol. The second-order valence-electron chi connectivity index (χ2n) is 2.47. The number of nitrogen functional groups attached to an aromatic ring is 1. The predicted molar refractivity (Wildman–Crippen MR) is 46.6 cm³/mol. The Morgan fingerprint density at radius 2 is 2.00 bits per heavy atom. The van der Waals surface area contributed by atoms with Gasteiger partial charge in [-0.2, -0.15) is 0 Å². The fourth-order valence-electron chi connectivity index (χ4n) is 0.877. The second kappa shape index (κ2) is 3.86. The molecule has 0 aliphatic carbocycles. The molecule has 0 atom stereocenters. The number of alkyl halides is 2. The van der Waals surface area contributed by atoms with Crippen molar-refractivity contribution >= 4 is 25.6 Å². The summed E-state index contributed by atoms with van der Waals surface area (Å²) < 4.78 is 59.2. The first kappa shape index (κ1) is 12.1. The van der Waals surface area contributed by atoms with E-state index >= 15 is 0 Å². The van der Waals surface area contributed by atoms with Crippen LogP contribution in [0.3, 0.4) is 0 Å². The number of hydrogen-bond acceptors (Lipinski definition) is 4. The third-order valence-electron chi connectivity index (χ3n) is 1.53. The normalized spacial score (nSPS) is 12.1. The third-order valence-corrected chi connectivity index (χ3v) is 2.84. The van der Waals surface area contributed by atoms with Gasteiger partial charge in [-0.1, -0.05) is 0 Å². The van der Waals surface area contributed by atoms with Crippen molar-refractivity contribution in [2.24, 2.45) is 0 Å². The average Bonchev–Trinajstić information content (AvgIpc) is 2.00. The zero-order chi connectivity index (χ0) is 11.8. The molecule has 2 N–H and O–H groups in total. The van der Waals surface area contributed by atoms with E-state index in [2.05, 4.69) is 4.98 Å². The first-order valence-corrected chi connectivity index (χ1v) is 5.72. The zero-order valence-electron chi connectivity index (χ0n) is 6.92. The molecule has 0 bridgehead atoms. The molecule has 0 saturated heterocycles. The molecule has 9 heteroatoms. The summed E-state index contributed by atoms with van der Waals surface area (Å²) in [5.41, 5.74) is 3.70. The fourth-order valence-corrected chi connectivity index (χ4v) is 1.70. The van der Waals surface area contributed by atoms with Crippen LogP contribution in [0.4, 0.5) is 19.0 Å². The molecular weight excluding hydrogens is 257 g/mol. The van der Waals surface area contributed by atoms with Crippen molar-refractivity contribution in [3.8, 4) is 0 Å². The summed E-state index contributed by atoms with van der Waals surface area (Å²) in [5.74, 6) is -2.45. The molecule has 84 valence electrons. The maximum Gasteiger partial charge on any atom is 0.270 e. The minimum absolute atomic E-state index is 0.485. The van der Waals surface area contributed by atoms with Gasteiger partial charge in [-0.15, -0.1) is 0 Å². The van der Waals surface area contributed by atoms with Gasteiger partial charge in [0, 0.05) is 10.7 Å². The number of hydrogen-bond donors (Lipinski definition) is 1. The highest BCUT2D eigenvalue weighted by atomic mass is 35.7. The van der Waals surface area contributed by atoms with E-state index in [1.54, 1.807) is 0 Å². The van der Waals surface area contributed by atoms with Gasteiger partial charge in [0.05, 0.1) is 11.8 Å². The van der Waals surface area contributed by atoms with Crippen LogP contribution in [0.25, 0.3) is 0 Å². The van der Waals surface area contributed by atoms with E-state index < -0.39 is 37.6 Å². The zero-order valence-corrected chi connectivity index (χ0v) is 8.49. The fraction of sp³-hybridized carbons (Fsp3) is 0.167. The van der Waals surface area contributed by atoms with Crippen LogP contribution in [0.2, 0.25) is 0 Å². The molecule has 1 heterocycles. The molecule has 1 aromatic heterocycles. The van der Waals surface area contributed by atoms with Crippen LogP contribution in [-0.4, -0.2) is 13.4 Å². The largest absolute Gasteiger partial charge is 0.383 e. The summed E-state index contributed by atoms with van der Waals surface area (Å²) in [5, 5.41) is 0. The number of nitrogens with two attached hydrogens (primary N) is 1. The summed E-state index contributed by atoms with van der Waals surface area (Å²) in [6.45, 7) is 0. The minimum Gasteiger partial charge on any atom is -0.383 e. The smallest absolute Gasteiger partial charge is 0.270 e. The standard InChI is InChI=1S/C6H4ClF3N2O2S/c7-15(13,14)2-1-12-6(11)3(4(2)8)5(9)10/h1,5H,(H2,11,12). The highest BCUT2D eigenvalue weighted by Gasteiger charge is 2.26. The van der Waals surface area contributed by atoms with Crippen molar-refractivity contribution in [2.75, 3.05) is 5.73 Å². The predicted octanol–water partition coefficient (Wildman–Crippen LogP) is 1.67. The molecule has 0 spiro atoms. The van der Waals surface area contributed by atoms with Crippen LogP contribution in [0.1, 0.15) is 12.0 Å². The van der Waals surface area contributed by atoms with E-state index in [9.17, 15) is 21.6 Å². The van der Waals surface area contributed by atoms with Crippen LogP contribution >= 0.6 is 10.7 Å². The monoisotopic (exact) mass is 260 g/mol. The van der Waals surface area contributed by atoms with Crippen LogP contribution in [-0.2, 0) is 9.05 Å². The number of rotatable bonds is 2. The van der Waals surface area contributed by atoms with E-state index in [0.29, 0.717) is 6.20 Å². The molecule has 0 aliphatic rings. The SMILES string of the molecule is Nc1ncc(S(=O)(=O)Cl)c(F)c1C(F)F. The highest BCUT2D eigenvalue weighted by molar-refractivity contribution is 8.13. The molecule has 0 saturated carbocycles. The molecule has 4 nitrogen and oxygen atoms in total. The Morgan fingerprint density at radius 1 is 1.47 bits per heavy atom. The van der Waals surface area contributed by atoms with Gasteiger partial charge in [-0.3, -0.25) is 0 Å². The summed E-state index contributed by atoms with van der Waals surface area (Å²) in [7, 11) is 0.339. The molecule has 0 aliphatic heterocycles. The van der Waals surface area contributed by atoms with E-state index in [1.165, 1.54) is 0 Å². The van der Waals surface area contributed by atoms with Gasteiger partial charge < -0.3 is 5.73 Å². The van der Waals surface area contributed by atoms with Crippen LogP contribution < -0.4 is 5.73 Å². The quantitative estimate of drug-likeness (QED) is 0.821. The topological polar surface area (TPSA) is 73.0 Å². The lowest BCUT2D eigenvalue weighted by Gasteiger charge is -2.07. The molecular formula is C6H4ClF3N2O2S. The minimum atomic E-state index is -4.46. The Morgan fingerprint density at radius 3 is 2.40 bits per heavy atom. The lowest BCUT2D eigenvalue weighted by atomic mass is 10.2. The number of halogens is 4. The Bertz CT molecular complexity index is 491. The Kier molecular flexibility index (Phi) is 3.10. The summed E-state index contributed by atoms with van der Waals surface area (Å²) >= 11 is 0. The van der Waals surface area contributed by atoms with Crippen molar-refractivity contribution in [2.45, 2.75) is 11.3 Å². The van der Waals surface area contributed by atoms with Gasteiger partial charge in [0.15, 0.2) is 5.82 Å². The van der Waals surface area contributed by atoms with Crippen LogP contribution in [0, 0.1) is 5.82 Å². The molecule has 1 aromatic rings. The Balaban J connectivity index is 3.56. The van der Waals surface area contributed by atoms with E-state index in [0.717, 1.165) is 0 Å². The number of aromatic nitrogens is 1. The van der Waals surface area contributed by atoms with Crippen molar-refractivity contribution in [1.29, 1.82) is 0 Å². The van der Waals surface area contributed by atoms with Gasteiger partial charge in [-0.25, -0.2) is 26.6 Å². The molecule has 0 amide bonds. The van der Waals surface area contributed by atoms with Gasteiger partial charge >= 0.3 is 0 Å². The molecule has 1 rings (SSSR count). The summed E-state index contributed by atoms with van der Waals surface area (Å²) in [4.78, 5) is 2.00. The van der Waals surface area contributed by atoms with Gasteiger partial charge in [0.25, 0.3) is 15.5 Å². The lowest BCUT2D eigenvalue weighted by molar-refractivity contribution is 0.146. The van der Waals surface area contributed by atoms with Crippen LogP contribution in [0.15, 0.2) is 11.1 Å². The Labute approximate surface area is 87.3 Å². The molecule has 0 radical (unpaired) electrons. The third kappa shape index (κ3) is 2.32. The summed E-state index contributed by atoms with van der Waals surface area (Å²) in [6, 6.07) is 0. The van der Waals surface area contributed by atoms with E-state index in [4.69, 9.17) is 16.4 Å². The maximum absolute atomic E-state index is 13.2.